The highest BCUT2D eigenvalue weighted by molar-refractivity contribution is 5.98. The summed E-state index contributed by atoms with van der Waals surface area (Å²) in [5.74, 6) is 0.882. The van der Waals surface area contributed by atoms with E-state index in [4.69, 9.17) is 4.74 Å². The van der Waals surface area contributed by atoms with Gasteiger partial charge in [-0.3, -0.25) is 9.78 Å². The number of amides is 3. The Hall–Kier alpha value is -3.09. The lowest BCUT2D eigenvalue weighted by atomic mass is 10.1. The van der Waals surface area contributed by atoms with Gasteiger partial charge >= 0.3 is 6.03 Å². The highest BCUT2D eigenvalue weighted by atomic mass is 16.5. The molecule has 1 aromatic heterocycles. The molecule has 1 aliphatic heterocycles. The van der Waals surface area contributed by atoms with Crippen molar-refractivity contribution < 1.29 is 14.3 Å². The zero-order valence-corrected chi connectivity index (χ0v) is 16.4. The standard InChI is InChI=1S/C21H26N4O3/c1-21(2,3)24-20(27)25-13-7-10-17(25)19(26)23-16-9-4-5-11-18(16)28-15-8-6-12-22-14-15/h4-6,8-9,11-12,14,17H,7,10,13H2,1-3H3,(H,23,26)(H,24,27). The summed E-state index contributed by atoms with van der Waals surface area (Å²) in [4.78, 5) is 31.1. The number of carbonyl (C=O) groups excluding carboxylic acids is 2. The molecule has 2 N–H and O–H groups in total. The summed E-state index contributed by atoms with van der Waals surface area (Å²) in [6, 6.07) is 10.1. The fourth-order valence-corrected chi connectivity index (χ4v) is 3.08. The minimum absolute atomic E-state index is 0.218. The number of anilines is 1. The van der Waals surface area contributed by atoms with Gasteiger partial charge in [-0.25, -0.2) is 4.79 Å². The fraction of sp³-hybridized carbons (Fsp3) is 0.381. The van der Waals surface area contributed by atoms with Crippen LogP contribution in [0, 0.1) is 0 Å². The third-order valence-electron chi connectivity index (χ3n) is 4.31. The molecule has 7 heteroatoms. The number of para-hydroxylation sites is 2. The summed E-state index contributed by atoms with van der Waals surface area (Å²) < 4.78 is 5.84. The quantitative estimate of drug-likeness (QED) is 0.843. The number of nitrogens with zero attached hydrogens (tertiary/aromatic N) is 2. The molecule has 0 radical (unpaired) electrons. The van der Waals surface area contributed by atoms with E-state index in [1.807, 2.05) is 32.9 Å². The van der Waals surface area contributed by atoms with E-state index in [2.05, 4.69) is 15.6 Å². The number of ether oxygens (including phenoxy) is 1. The van der Waals surface area contributed by atoms with E-state index in [0.29, 0.717) is 30.2 Å². The fourth-order valence-electron chi connectivity index (χ4n) is 3.08. The van der Waals surface area contributed by atoms with Crippen molar-refractivity contribution in [3.8, 4) is 11.5 Å². The SMILES string of the molecule is CC(C)(C)NC(=O)N1CCCC1C(=O)Nc1ccccc1Oc1cccnc1. The first-order valence-electron chi connectivity index (χ1n) is 9.40. The van der Waals surface area contributed by atoms with Gasteiger partial charge < -0.3 is 20.3 Å². The molecule has 1 aromatic carbocycles. The summed E-state index contributed by atoms with van der Waals surface area (Å²) in [5, 5.41) is 5.84. The molecular weight excluding hydrogens is 356 g/mol. The Balaban J connectivity index is 1.71. The smallest absolute Gasteiger partial charge is 0.318 e. The minimum atomic E-state index is -0.506. The molecule has 0 saturated carbocycles. The number of pyridine rings is 1. The normalized spacial score (nSPS) is 16.5. The summed E-state index contributed by atoms with van der Waals surface area (Å²) in [6.45, 7) is 6.32. The van der Waals surface area contributed by atoms with Crippen molar-refractivity contribution in [1.29, 1.82) is 0 Å². The maximum Gasteiger partial charge on any atom is 0.318 e. The topological polar surface area (TPSA) is 83.6 Å². The maximum atomic E-state index is 12.9. The number of urea groups is 1. The lowest BCUT2D eigenvalue weighted by molar-refractivity contribution is -0.119. The molecule has 1 fully saturated rings. The first kappa shape index (κ1) is 19.7. The van der Waals surface area contributed by atoms with Crippen LogP contribution in [-0.4, -0.2) is 39.9 Å². The third kappa shape index (κ3) is 5.00. The predicted octanol–water partition coefficient (Wildman–Crippen LogP) is 3.78. The van der Waals surface area contributed by atoms with E-state index < -0.39 is 6.04 Å². The van der Waals surface area contributed by atoms with Crippen LogP contribution >= 0.6 is 0 Å². The van der Waals surface area contributed by atoms with Crippen molar-refractivity contribution in [1.82, 2.24) is 15.2 Å². The Morgan fingerprint density at radius 1 is 1.18 bits per heavy atom. The van der Waals surface area contributed by atoms with Crippen molar-refractivity contribution in [3.63, 3.8) is 0 Å². The van der Waals surface area contributed by atoms with Gasteiger partial charge in [0.2, 0.25) is 5.91 Å². The van der Waals surface area contributed by atoms with Gasteiger partial charge in [-0.2, -0.15) is 0 Å². The Morgan fingerprint density at radius 2 is 1.96 bits per heavy atom. The largest absolute Gasteiger partial charge is 0.454 e. The van der Waals surface area contributed by atoms with Crippen LogP contribution in [0.2, 0.25) is 0 Å². The Morgan fingerprint density at radius 3 is 2.68 bits per heavy atom. The van der Waals surface area contributed by atoms with Gasteiger partial charge in [0.05, 0.1) is 11.9 Å². The van der Waals surface area contributed by atoms with Gasteiger partial charge in [-0.1, -0.05) is 12.1 Å². The number of carbonyl (C=O) groups is 2. The second-order valence-electron chi connectivity index (χ2n) is 7.81. The Bertz CT molecular complexity index is 833. The molecule has 3 amide bonds. The van der Waals surface area contributed by atoms with Gasteiger partial charge in [-0.05, 0) is 57.9 Å². The zero-order chi connectivity index (χ0) is 20.1. The van der Waals surface area contributed by atoms with E-state index >= 15 is 0 Å². The number of hydrogen-bond acceptors (Lipinski definition) is 4. The summed E-state index contributed by atoms with van der Waals surface area (Å²) >= 11 is 0. The van der Waals surface area contributed by atoms with E-state index in [1.165, 1.54) is 0 Å². The first-order valence-corrected chi connectivity index (χ1v) is 9.40. The van der Waals surface area contributed by atoms with Crippen LogP contribution in [0.1, 0.15) is 33.6 Å². The summed E-state index contributed by atoms with van der Waals surface area (Å²) in [7, 11) is 0. The van der Waals surface area contributed by atoms with Crippen LogP contribution in [-0.2, 0) is 4.79 Å². The first-order chi connectivity index (χ1) is 13.3. The molecular formula is C21H26N4O3. The zero-order valence-electron chi connectivity index (χ0n) is 16.4. The van der Waals surface area contributed by atoms with E-state index in [9.17, 15) is 9.59 Å². The van der Waals surface area contributed by atoms with Gasteiger partial charge in [0.1, 0.15) is 11.8 Å². The van der Waals surface area contributed by atoms with Gasteiger partial charge in [-0.15, -0.1) is 0 Å². The summed E-state index contributed by atoms with van der Waals surface area (Å²) in [6.07, 6.45) is 4.70. The molecule has 3 rings (SSSR count). The molecule has 2 heterocycles. The molecule has 1 saturated heterocycles. The Kier molecular flexibility index (Phi) is 5.82. The van der Waals surface area contributed by atoms with E-state index in [-0.39, 0.29) is 17.5 Å². The average Bonchev–Trinajstić information content (AvgIpc) is 3.13. The molecule has 0 bridgehead atoms. The van der Waals surface area contributed by atoms with Gasteiger partial charge in [0.25, 0.3) is 0 Å². The molecule has 28 heavy (non-hydrogen) atoms. The van der Waals surface area contributed by atoms with Crippen LogP contribution in [0.25, 0.3) is 0 Å². The van der Waals surface area contributed by atoms with E-state index in [1.54, 1.807) is 41.6 Å². The monoisotopic (exact) mass is 382 g/mol. The molecule has 1 unspecified atom stereocenters. The molecule has 0 spiro atoms. The minimum Gasteiger partial charge on any atom is -0.454 e. The number of aromatic nitrogens is 1. The number of nitrogens with one attached hydrogen (secondary N) is 2. The molecule has 0 aliphatic carbocycles. The lowest BCUT2D eigenvalue weighted by Gasteiger charge is -2.29. The second kappa shape index (κ2) is 8.29. The molecule has 1 atom stereocenters. The number of benzene rings is 1. The van der Waals surface area contributed by atoms with Gasteiger partial charge in [0, 0.05) is 18.3 Å². The number of hydrogen-bond donors (Lipinski definition) is 2. The molecule has 7 nitrogen and oxygen atoms in total. The third-order valence-corrected chi connectivity index (χ3v) is 4.31. The van der Waals surface area contributed by atoms with Crippen molar-refractivity contribution in [2.24, 2.45) is 0 Å². The van der Waals surface area contributed by atoms with Gasteiger partial charge in [0.15, 0.2) is 5.75 Å². The predicted molar refractivity (Wildman–Crippen MR) is 107 cm³/mol. The summed E-state index contributed by atoms with van der Waals surface area (Å²) in [5.41, 5.74) is 0.199. The number of likely N-dealkylation sites (tertiary alicyclic amines) is 1. The highest BCUT2D eigenvalue weighted by Gasteiger charge is 2.35. The second-order valence-corrected chi connectivity index (χ2v) is 7.81. The van der Waals surface area contributed by atoms with Crippen LogP contribution in [0.3, 0.4) is 0 Å². The maximum absolute atomic E-state index is 12.9. The van der Waals surface area contributed by atoms with Crippen molar-refractivity contribution in [3.05, 3.63) is 48.8 Å². The van der Waals surface area contributed by atoms with E-state index in [0.717, 1.165) is 6.42 Å². The molecule has 1 aliphatic rings. The van der Waals surface area contributed by atoms with Crippen LogP contribution in [0.4, 0.5) is 10.5 Å². The molecule has 148 valence electrons. The van der Waals surface area contributed by atoms with Crippen LogP contribution in [0.5, 0.6) is 11.5 Å². The average molecular weight is 382 g/mol. The lowest BCUT2D eigenvalue weighted by Crippen LogP contribution is -2.52. The highest BCUT2D eigenvalue weighted by Crippen LogP contribution is 2.30. The van der Waals surface area contributed by atoms with Crippen molar-refractivity contribution in [2.75, 3.05) is 11.9 Å². The molecule has 2 aromatic rings. The Labute approximate surface area is 165 Å². The van der Waals surface area contributed by atoms with Crippen LogP contribution in [0.15, 0.2) is 48.8 Å². The number of rotatable bonds is 4. The van der Waals surface area contributed by atoms with Crippen molar-refractivity contribution in [2.45, 2.75) is 45.2 Å². The van der Waals surface area contributed by atoms with Crippen LogP contribution < -0.4 is 15.4 Å². The van der Waals surface area contributed by atoms with Crippen molar-refractivity contribution >= 4 is 17.6 Å².